The fraction of sp³-hybridized carbons (Fsp3) is 0.167. The first kappa shape index (κ1) is 17.6. The molecule has 0 radical (unpaired) electrons. The van der Waals surface area contributed by atoms with Gasteiger partial charge >= 0.3 is 6.03 Å². The fourth-order valence-electron chi connectivity index (χ4n) is 1.88. The molecule has 0 bridgehead atoms. The normalized spacial score (nSPS) is 11.1. The van der Waals surface area contributed by atoms with Gasteiger partial charge < -0.3 is 15.4 Å². The standard InChI is InChI=1S/C18H18N2O3S/c1-2-13-23-16-10-8-15(9-11-16)20-18(21)19-12-14-24(22)17-6-4-3-5-7-17/h1,3-11H,12-14H2,(H2,19,20,21)/t24-/m1/s1. The van der Waals surface area contributed by atoms with E-state index in [2.05, 4.69) is 16.6 Å². The molecule has 0 spiro atoms. The second kappa shape index (κ2) is 9.38. The van der Waals surface area contributed by atoms with Crippen molar-refractivity contribution in [2.24, 2.45) is 0 Å². The second-order valence-electron chi connectivity index (χ2n) is 4.76. The summed E-state index contributed by atoms with van der Waals surface area (Å²) >= 11 is 0. The Morgan fingerprint density at radius 2 is 1.83 bits per heavy atom. The maximum Gasteiger partial charge on any atom is 0.319 e. The molecule has 0 saturated heterocycles. The number of hydrogen-bond acceptors (Lipinski definition) is 3. The van der Waals surface area contributed by atoms with E-state index in [4.69, 9.17) is 11.2 Å². The van der Waals surface area contributed by atoms with Gasteiger partial charge in [-0.15, -0.1) is 6.42 Å². The maximum absolute atomic E-state index is 12.0. The number of anilines is 1. The number of ether oxygens (including phenoxy) is 1. The van der Waals surface area contributed by atoms with Gasteiger partial charge in [-0.25, -0.2) is 4.79 Å². The van der Waals surface area contributed by atoms with Crippen LogP contribution in [0, 0.1) is 12.3 Å². The molecule has 1 atom stereocenters. The molecule has 2 rings (SSSR count). The van der Waals surface area contributed by atoms with Crippen LogP contribution >= 0.6 is 0 Å². The largest absolute Gasteiger partial charge is 0.481 e. The number of benzene rings is 2. The molecule has 124 valence electrons. The van der Waals surface area contributed by atoms with Gasteiger partial charge in [-0.2, -0.15) is 0 Å². The van der Waals surface area contributed by atoms with Crippen LogP contribution in [0.5, 0.6) is 5.75 Å². The number of hydrogen-bond donors (Lipinski definition) is 2. The smallest absolute Gasteiger partial charge is 0.319 e. The summed E-state index contributed by atoms with van der Waals surface area (Å²) in [5.41, 5.74) is 0.629. The Hall–Kier alpha value is -2.78. The highest BCUT2D eigenvalue weighted by Crippen LogP contribution is 2.15. The van der Waals surface area contributed by atoms with E-state index in [1.165, 1.54) is 0 Å². The van der Waals surface area contributed by atoms with Crippen LogP contribution in [0.3, 0.4) is 0 Å². The lowest BCUT2D eigenvalue weighted by Gasteiger charge is -2.08. The molecule has 5 nitrogen and oxygen atoms in total. The minimum atomic E-state index is -1.13. The van der Waals surface area contributed by atoms with Gasteiger partial charge in [-0.05, 0) is 36.4 Å². The monoisotopic (exact) mass is 342 g/mol. The molecule has 0 aliphatic carbocycles. The number of terminal acetylenes is 1. The van der Waals surface area contributed by atoms with E-state index in [1.807, 2.05) is 18.2 Å². The zero-order chi connectivity index (χ0) is 17.2. The Bertz CT molecular complexity index is 724. The van der Waals surface area contributed by atoms with Crippen LogP contribution < -0.4 is 15.4 Å². The lowest BCUT2D eigenvalue weighted by Crippen LogP contribution is -2.31. The van der Waals surface area contributed by atoms with Crippen molar-refractivity contribution in [1.82, 2.24) is 5.32 Å². The van der Waals surface area contributed by atoms with Crippen molar-refractivity contribution in [2.75, 3.05) is 24.2 Å². The van der Waals surface area contributed by atoms with E-state index >= 15 is 0 Å². The molecule has 2 aromatic carbocycles. The third-order valence-corrected chi connectivity index (χ3v) is 4.39. The van der Waals surface area contributed by atoms with Crippen molar-refractivity contribution in [3.8, 4) is 18.1 Å². The number of carbonyl (C=O) groups is 1. The lowest BCUT2D eigenvalue weighted by molar-refractivity contribution is 0.252. The maximum atomic E-state index is 12.0. The highest BCUT2D eigenvalue weighted by Gasteiger charge is 2.05. The van der Waals surface area contributed by atoms with Gasteiger partial charge in [0.2, 0.25) is 0 Å². The first-order valence-corrected chi connectivity index (χ1v) is 8.65. The summed E-state index contributed by atoms with van der Waals surface area (Å²) in [4.78, 5) is 12.6. The van der Waals surface area contributed by atoms with E-state index in [0.29, 0.717) is 23.7 Å². The van der Waals surface area contributed by atoms with Crippen LogP contribution in [0.15, 0.2) is 59.5 Å². The van der Waals surface area contributed by atoms with Gasteiger partial charge in [0.15, 0.2) is 0 Å². The van der Waals surface area contributed by atoms with Crippen molar-refractivity contribution in [1.29, 1.82) is 0 Å². The highest BCUT2D eigenvalue weighted by molar-refractivity contribution is 7.85. The summed E-state index contributed by atoms with van der Waals surface area (Å²) < 4.78 is 17.3. The van der Waals surface area contributed by atoms with Gasteiger partial charge in [-0.3, -0.25) is 4.21 Å². The summed E-state index contributed by atoms with van der Waals surface area (Å²) in [5.74, 6) is 3.37. The van der Waals surface area contributed by atoms with E-state index in [0.717, 1.165) is 4.90 Å². The molecule has 0 fully saturated rings. The second-order valence-corrected chi connectivity index (χ2v) is 6.33. The van der Waals surface area contributed by atoms with Crippen molar-refractivity contribution in [3.63, 3.8) is 0 Å². The third-order valence-electron chi connectivity index (χ3n) is 3.01. The third kappa shape index (κ3) is 5.78. The first-order valence-electron chi connectivity index (χ1n) is 7.33. The van der Waals surface area contributed by atoms with Gasteiger partial charge in [-0.1, -0.05) is 24.1 Å². The van der Waals surface area contributed by atoms with Crippen LogP contribution in [0.1, 0.15) is 0 Å². The molecule has 0 unspecified atom stereocenters. The van der Waals surface area contributed by atoms with Gasteiger partial charge in [0.25, 0.3) is 0 Å². The zero-order valence-corrected chi connectivity index (χ0v) is 13.8. The minimum Gasteiger partial charge on any atom is -0.481 e. The Labute approximate surface area is 143 Å². The van der Waals surface area contributed by atoms with Crippen LogP contribution in [0.4, 0.5) is 10.5 Å². The molecule has 0 aliphatic heterocycles. The van der Waals surface area contributed by atoms with Crippen molar-refractivity contribution in [3.05, 3.63) is 54.6 Å². The number of carbonyl (C=O) groups excluding carboxylic acids is 1. The Morgan fingerprint density at radius 1 is 1.12 bits per heavy atom. The summed E-state index contributed by atoms with van der Waals surface area (Å²) in [6.45, 7) is 0.516. The van der Waals surface area contributed by atoms with E-state index in [9.17, 15) is 9.00 Å². The average Bonchev–Trinajstić information content (AvgIpc) is 2.62. The predicted octanol–water partition coefficient (Wildman–Crippen LogP) is 2.63. The molecular weight excluding hydrogens is 324 g/mol. The SMILES string of the molecule is C#CCOc1ccc(NC(=O)NCC[S@@](=O)c2ccccc2)cc1. The molecule has 2 N–H and O–H groups in total. The zero-order valence-electron chi connectivity index (χ0n) is 13.0. The molecule has 0 saturated carbocycles. The molecule has 0 heterocycles. The van der Waals surface area contributed by atoms with Crippen molar-refractivity contribution < 1.29 is 13.7 Å². The molecule has 6 heteroatoms. The number of nitrogens with one attached hydrogen (secondary N) is 2. The average molecular weight is 342 g/mol. The Balaban J connectivity index is 1.73. The first-order chi connectivity index (χ1) is 11.7. The lowest BCUT2D eigenvalue weighted by atomic mass is 10.3. The van der Waals surface area contributed by atoms with Gasteiger partial charge in [0, 0.05) is 22.9 Å². The summed E-state index contributed by atoms with van der Waals surface area (Å²) in [7, 11) is -1.13. The fourth-order valence-corrected chi connectivity index (χ4v) is 2.87. The molecular formula is C18H18N2O3S. The predicted molar refractivity (Wildman–Crippen MR) is 95.5 cm³/mol. The Kier molecular flexibility index (Phi) is 6.87. The van der Waals surface area contributed by atoms with Crippen molar-refractivity contribution >= 4 is 22.5 Å². The van der Waals surface area contributed by atoms with Crippen LogP contribution in [0.25, 0.3) is 0 Å². The summed E-state index contributed by atoms with van der Waals surface area (Å²) in [6.07, 6.45) is 5.12. The van der Waals surface area contributed by atoms with Crippen LogP contribution in [0.2, 0.25) is 0 Å². The molecule has 2 aromatic rings. The van der Waals surface area contributed by atoms with E-state index < -0.39 is 10.8 Å². The topological polar surface area (TPSA) is 67.4 Å². The molecule has 2 amide bonds. The van der Waals surface area contributed by atoms with Gasteiger partial charge in [0.05, 0.1) is 10.8 Å². The van der Waals surface area contributed by atoms with Crippen LogP contribution in [-0.4, -0.2) is 29.1 Å². The quantitative estimate of drug-likeness (QED) is 0.760. The van der Waals surface area contributed by atoms with E-state index in [-0.39, 0.29) is 12.6 Å². The van der Waals surface area contributed by atoms with E-state index in [1.54, 1.807) is 36.4 Å². The molecule has 24 heavy (non-hydrogen) atoms. The minimum absolute atomic E-state index is 0.200. The van der Waals surface area contributed by atoms with Crippen LogP contribution in [-0.2, 0) is 10.8 Å². The highest BCUT2D eigenvalue weighted by atomic mass is 32.2. The number of rotatable bonds is 7. The number of amides is 2. The Morgan fingerprint density at radius 3 is 2.50 bits per heavy atom. The molecule has 0 aliphatic rings. The van der Waals surface area contributed by atoms with Crippen molar-refractivity contribution in [2.45, 2.75) is 4.90 Å². The summed E-state index contributed by atoms with van der Waals surface area (Å²) in [6, 6.07) is 15.7. The number of urea groups is 1. The summed E-state index contributed by atoms with van der Waals surface area (Å²) in [5, 5.41) is 5.37. The van der Waals surface area contributed by atoms with Gasteiger partial charge in [0.1, 0.15) is 12.4 Å². The molecule has 0 aromatic heterocycles.